The highest BCUT2D eigenvalue weighted by atomic mass is 35.5. The first-order valence-electron chi connectivity index (χ1n) is 9.04. The van der Waals surface area contributed by atoms with Crippen molar-refractivity contribution in [2.24, 2.45) is 0 Å². The van der Waals surface area contributed by atoms with Crippen molar-refractivity contribution in [2.45, 2.75) is 19.5 Å². The lowest BCUT2D eigenvalue weighted by atomic mass is 9.95. The molecule has 0 unspecified atom stereocenters. The number of nitrogens with zero attached hydrogens (tertiary/aromatic N) is 2. The van der Waals surface area contributed by atoms with Gasteiger partial charge in [-0.05, 0) is 24.1 Å². The van der Waals surface area contributed by atoms with Gasteiger partial charge in [-0.2, -0.15) is 5.10 Å². The van der Waals surface area contributed by atoms with Gasteiger partial charge < -0.3 is 10.1 Å². The molecule has 1 saturated heterocycles. The monoisotopic (exact) mass is 368 g/mol. The van der Waals surface area contributed by atoms with Gasteiger partial charge in [0.25, 0.3) is 0 Å². The predicted molar refractivity (Wildman–Crippen MR) is 104 cm³/mol. The topological polar surface area (TPSA) is 53.2 Å². The maximum atomic E-state index is 6.88. The van der Waals surface area contributed by atoms with Crippen LogP contribution in [0.3, 0.4) is 0 Å². The first-order chi connectivity index (χ1) is 12.7. The minimum absolute atomic E-state index is 0.398. The van der Waals surface area contributed by atoms with E-state index in [0.717, 1.165) is 54.0 Å². The Labute approximate surface area is 157 Å². The summed E-state index contributed by atoms with van der Waals surface area (Å²) < 4.78 is 6.21. The zero-order valence-corrected chi connectivity index (χ0v) is 15.4. The van der Waals surface area contributed by atoms with Gasteiger partial charge in [0.15, 0.2) is 0 Å². The Balaban J connectivity index is 1.64. The number of aryl methyl sites for hydroxylation is 1. The number of ether oxygens (including phenoxy) is 1. The van der Waals surface area contributed by atoms with Crippen molar-refractivity contribution in [1.29, 1.82) is 0 Å². The van der Waals surface area contributed by atoms with Crippen molar-refractivity contribution in [3.05, 3.63) is 46.6 Å². The van der Waals surface area contributed by atoms with E-state index in [1.807, 2.05) is 6.20 Å². The smallest absolute Gasteiger partial charge is 0.143 e. The number of hydrogen-bond acceptors (Lipinski definition) is 4. The summed E-state index contributed by atoms with van der Waals surface area (Å²) in [5.74, 6) is 0.832. The van der Waals surface area contributed by atoms with E-state index in [2.05, 4.69) is 51.6 Å². The summed E-state index contributed by atoms with van der Waals surface area (Å²) in [7, 11) is 0. The van der Waals surface area contributed by atoms with E-state index < -0.39 is 0 Å². The molecule has 0 saturated carbocycles. The zero-order chi connectivity index (χ0) is 17.7. The second kappa shape index (κ2) is 6.27. The maximum absolute atomic E-state index is 6.88. The molecule has 0 spiro atoms. The van der Waals surface area contributed by atoms with Crippen LogP contribution in [0.15, 0.2) is 30.5 Å². The van der Waals surface area contributed by atoms with Crippen LogP contribution >= 0.6 is 11.6 Å². The summed E-state index contributed by atoms with van der Waals surface area (Å²) in [6, 6.07) is 8.85. The van der Waals surface area contributed by atoms with E-state index in [1.165, 1.54) is 11.1 Å². The highest BCUT2D eigenvalue weighted by Gasteiger charge is 2.29. The minimum atomic E-state index is 0.398. The van der Waals surface area contributed by atoms with Gasteiger partial charge in [0.2, 0.25) is 0 Å². The Morgan fingerprint density at radius 2 is 2.19 bits per heavy atom. The molecular weight excluding hydrogens is 348 g/mol. The van der Waals surface area contributed by atoms with Crippen molar-refractivity contribution >= 4 is 22.5 Å². The third kappa shape index (κ3) is 2.50. The molecule has 2 aromatic carbocycles. The number of piperazine rings is 1. The molecule has 0 radical (unpaired) electrons. The average Bonchev–Trinajstić information content (AvgIpc) is 3.03. The van der Waals surface area contributed by atoms with Crippen LogP contribution in [0.2, 0.25) is 5.02 Å². The number of rotatable bonds is 1. The normalized spacial score (nSPS) is 20.3. The van der Waals surface area contributed by atoms with Gasteiger partial charge in [0.1, 0.15) is 12.4 Å². The zero-order valence-electron chi connectivity index (χ0n) is 14.7. The molecule has 3 aromatic rings. The van der Waals surface area contributed by atoms with E-state index in [4.69, 9.17) is 16.3 Å². The summed E-state index contributed by atoms with van der Waals surface area (Å²) in [4.78, 5) is 2.49. The fourth-order valence-electron chi connectivity index (χ4n) is 4.13. The molecule has 0 amide bonds. The molecule has 3 heterocycles. The molecule has 1 aromatic heterocycles. The van der Waals surface area contributed by atoms with Crippen LogP contribution in [-0.2, 0) is 6.54 Å². The highest BCUT2D eigenvalue weighted by Crippen LogP contribution is 2.43. The van der Waals surface area contributed by atoms with Crippen molar-refractivity contribution in [3.63, 3.8) is 0 Å². The number of halogens is 1. The number of benzene rings is 2. The molecule has 134 valence electrons. The first-order valence-corrected chi connectivity index (χ1v) is 9.42. The highest BCUT2D eigenvalue weighted by molar-refractivity contribution is 6.35. The third-order valence-electron chi connectivity index (χ3n) is 5.55. The molecule has 2 aliphatic rings. The number of aromatic amines is 1. The molecule has 0 aliphatic carbocycles. The SMILES string of the molecule is Cc1ccc2[nH]ncc2c1-c1ccc2c(c1Cl)OC[C@H]1CNCCN1C2. The Kier molecular flexibility index (Phi) is 3.89. The molecule has 1 atom stereocenters. The average molecular weight is 369 g/mol. The number of H-pyrrole nitrogens is 1. The van der Waals surface area contributed by atoms with Crippen molar-refractivity contribution in [1.82, 2.24) is 20.4 Å². The third-order valence-corrected chi connectivity index (χ3v) is 5.92. The molecule has 2 N–H and O–H groups in total. The lowest BCUT2D eigenvalue weighted by molar-refractivity contribution is 0.120. The quantitative estimate of drug-likeness (QED) is 0.691. The molecule has 5 rings (SSSR count). The molecular formula is C20H21ClN4O. The van der Waals surface area contributed by atoms with E-state index in [9.17, 15) is 0 Å². The molecule has 6 heteroatoms. The Morgan fingerprint density at radius 1 is 1.27 bits per heavy atom. The van der Waals surface area contributed by atoms with Crippen molar-refractivity contribution in [3.8, 4) is 16.9 Å². The van der Waals surface area contributed by atoms with Gasteiger partial charge in [0, 0.05) is 42.7 Å². The van der Waals surface area contributed by atoms with E-state index in [0.29, 0.717) is 17.7 Å². The maximum Gasteiger partial charge on any atom is 0.143 e. The van der Waals surface area contributed by atoms with Crippen LogP contribution in [0.25, 0.3) is 22.0 Å². The largest absolute Gasteiger partial charge is 0.490 e. The Bertz CT molecular complexity index is 983. The number of hydrogen-bond donors (Lipinski definition) is 2. The van der Waals surface area contributed by atoms with Gasteiger partial charge in [-0.1, -0.05) is 29.8 Å². The van der Waals surface area contributed by atoms with Crippen LogP contribution < -0.4 is 10.1 Å². The van der Waals surface area contributed by atoms with Crippen LogP contribution in [0, 0.1) is 6.92 Å². The molecule has 0 bridgehead atoms. The molecule has 5 nitrogen and oxygen atoms in total. The van der Waals surface area contributed by atoms with E-state index in [-0.39, 0.29) is 0 Å². The van der Waals surface area contributed by atoms with Gasteiger partial charge >= 0.3 is 0 Å². The lowest BCUT2D eigenvalue weighted by Crippen LogP contribution is -2.52. The standard InChI is InChI=1S/C20H21ClN4O/c1-12-2-5-17-16(9-23-24-17)18(12)15-4-3-13-10-25-7-6-22-8-14(25)11-26-20(13)19(15)21/h2-5,9,14,22H,6-8,10-11H2,1H3,(H,23,24)/t14-/m1/s1. The molecule has 2 aliphatic heterocycles. The summed E-state index contributed by atoms with van der Waals surface area (Å²) in [5.41, 5.74) is 5.49. The van der Waals surface area contributed by atoms with Gasteiger partial charge in [-0.3, -0.25) is 10.00 Å². The second-order valence-corrected chi connectivity index (χ2v) is 7.52. The van der Waals surface area contributed by atoms with Gasteiger partial charge in [-0.25, -0.2) is 0 Å². The number of aromatic nitrogens is 2. The fraction of sp³-hybridized carbons (Fsp3) is 0.350. The van der Waals surface area contributed by atoms with Crippen LogP contribution in [0.1, 0.15) is 11.1 Å². The van der Waals surface area contributed by atoms with E-state index in [1.54, 1.807) is 0 Å². The first kappa shape index (κ1) is 16.1. The van der Waals surface area contributed by atoms with Crippen LogP contribution in [0.5, 0.6) is 5.75 Å². The molecule has 1 fully saturated rings. The fourth-order valence-corrected chi connectivity index (χ4v) is 4.46. The summed E-state index contributed by atoms with van der Waals surface area (Å²) in [6.45, 7) is 6.69. The lowest BCUT2D eigenvalue weighted by Gasteiger charge is -2.33. The van der Waals surface area contributed by atoms with Gasteiger partial charge in [0.05, 0.1) is 22.8 Å². The predicted octanol–water partition coefficient (Wildman–Crippen LogP) is 3.36. The summed E-state index contributed by atoms with van der Waals surface area (Å²) >= 11 is 6.88. The van der Waals surface area contributed by atoms with E-state index >= 15 is 0 Å². The van der Waals surface area contributed by atoms with Crippen molar-refractivity contribution < 1.29 is 4.74 Å². The number of fused-ring (bicyclic) bond motifs is 3. The van der Waals surface area contributed by atoms with Crippen molar-refractivity contribution in [2.75, 3.05) is 26.2 Å². The Morgan fingerprint density at radius 3 is 3.12 bits per heavy atom. The Hall–Kier alpha value is -2.08. The van der Waals surface area contributed by atoms with Crippen LogP contribution in [-0.4, -0.2) is 47.4 Å². The molecule has 26 heavy (non-hydrogen) atoms. The van der Waals surface area contributed by atoms with Gasteiger partial charge in [-0.15, -0.1) is 0 Å². The second-order valence-electron chi connectivity index (χ2n) is 7.14. The number of nitrogens with one attached hydrogen (secondary N) is 2. The van der Waals surface area contributed by atoms with Crippen LogP contribution in [0.4, 0.5) is 0 Å². The summed E-state index contributed by atoms with van der Waals surface area (Å²) in [6.07, 6.45) is 1.87. The minimum Gasteiger partial charge on any atom is -0.490 e. The summed E-state index contributed by atoms with van der Waals surface area (Å²) in [5, 5.41) is 12.5.